The number of carbonyl (C=O) groups is 2. The number of nitrogens with one attached hydrogen (secondary N) is 3. The first kappa shape index (κ1) is 21.3. The molecule has 0 spiro atoms. The predicted molar refractivity (Wildman–Crippen MR) is 120 cm³/mol. The number of amides is 2. The zero-order chi connectivity index (χ0) is 21.6. The van der Waals surface area contributed by atoms with Crippen LogP contribution in [0.1, 0.15) is 66.3 Å². The van der Waals surface area contributed by atoms with Crippen molar-refractivity contribution in [3.8, 4) is 0 Å². The zero-order valence-electron chi connectivity index (χ0n) is 17.3. The van der Waals surface area contributed by atoms with Crippen LogP contribution in [-0.2, 0) is 11.2 Å². The molecule has 1 aromatic carbocycles. The fourth-order valence-corrected chi connectivity index (χ4v) is 4.31. The van der Waals surface area contributed by atoms with E-state index >= 15 is 0 Å². The van der Waals surface area contributed by atoms with Crippen molar-refractivity contribution in [2.24, 2.45) is 0 Å². The number of hydrogen-bond acceptors (Lipinski definition) is 4. The van der Waals surface area contributed by atoms with Crippen LogP contribution in [0.4, 0.5) is 0 Å². The Balaban J connectivity index is 1.21. The maximum Gasteiger partial charge on any atom is 0.271 e. The molecule has 0 saturated carbocycles. The minimum absolute atomic E-state index is 0.0219. The minimum Gasteiger partial charge on any atom is -0.356 e. The number of halogens is 1. The van der Waals surface area contributed by atoms with Gasteiger partial charge in [0.2, 0.25) is 5.91 Å². The van der Waals surface area contributed by atoms with E-state index in [9.17, 15) is 9.59 Å². The minimum atomic E-state index is -0.224. The molecule has 0 radical (unpaired) electrons. The van der Waals surface area contributed by atoms with Gasteiger partial charge >= 0.3 is 0 Å². The highest BCUT2D eigenvalue weighted by atomic mass is 35.5. The van der Waals surface area contributed by atoms with Crippen LogP contribution in [0.25, 0.3) is 10.9 Å². The van der Waals surface area contributed by atoms with E-state index in [1.54, 1.807) is 0 Å². The largest absolute Gasteiger partial charge is 0.356 e. The lowest BCUT2D eigenvalue weighted by Crippen LogP contribution is -2.30. The van der Waals surface area contributed by atoms with E-state index in [1.165, 1.54) is 24.2 Å². The molecule has 0 aliphatic heterocycles. The maximum absolute atomic E-state index is 12.5. The molecule has 3 N–H and O–H groups in total. The zero-order valence-corrected chi connectivity index (χ0v) is 18.0. The molecule has 2 heterocycles. The molecule has 31 heavy (non-hydrogen) atoms. The normalized spacial score (nSPS) is 15.5. The quantitative estimate of drug-likeness (QED) is 0.460. The second-order valence-electron chi connectivity index (χ2n) is 7.88. The monoisotopic (exact) mass is 439 g/mol. The van der Waals surface area contributed by atoms with Gasteiger partial charge in [0.1, 0.15) is 5.69 Å². The van der Waals surface area contributed by atoms with Crippen LogP contribution in [0.2, 0.25) is 5.02 Å². The van der Waals surface area contributed by atoms with Crippen LogP contribution in [0.5, 0.6) is 0 Å². The number of benzene rings is 1. The van der Waals surface area contributed by atoms with E-state index in [0.717, 1.165) is 60.1 Å². The second-order valence-corrected chi connectivity index (χ2v) is 8.31. The third kappa shape index (κ3) is 5.22. The lowest BCUT2D eigenvalue weighted by molar-refractivity contribution is -0.122. The van der Waals surface area contributed by atoms with Crippen molar-refractivity contribution in [2.45, 2.75) is 51.0 Å². The van der Waals surface area contributed by atoms with Crippen molar-refractivity contribution in [2.75, 3.05) is 6.54 Å². The maximum atomic E-state index is 12.5. The van der Waals surface area contributed by atoms with Gasteiger partial charge in [0.15, 0.2) is 0 Å². The molecule has 0 fully saturated rings. The van der Waals surface area contributed by atoms with Crippen molar-refractivity contribution in [3.63, 3.8) is 0 Å². The summed E-state index contributed by atoms with van der Waals surface area (Å²) in [6.45, 7) is 0.556. The standard InChI is InChI=1S/C23H26ClN5O2/c24-15-8-9-18-17(13-15)16-5-4-6-19(22(16)29-18)28-21(30)7-2-1-3-10-27-23(31)20-14-25-11-12-26-20/h8-9,11-14,19,29H,1-7,10H2,(H,27,31)(H,28,30)/t19-/m0/s1. The van der Waals surface area contributed by atoms with Crippen LogP contribution >= 0.6 is 11.6 Å². The Kier molecular flexibility index (Phi) is 6.82. The number of rotatable bonds is 8. The summed E-state index contributed by atoms with van der Waals surface area (Å²) in [5.74, 6) is -0.156. The van der Waals surface area contributed by atoms with E-state index in [2.05, 4.69) is 25.6 Å². The number of unbranched alkanes of at least 4 members (excludes halogenated alkanes) is 2. The number of nitrogens with zero attached hydrogens (tertiary/aromatic N) is 2. The van der Waals surface area contributed by atoms with Gasteiger partial charge < -0.3 is 15.6 Å². The van der Waals surface area contributed by atoms with Crippen LogP contribution in [0.15, 0.2) is 36.8 Å². The van der Waals surface area contributed by atoms with Gasteiger partial charge in [0.25, 0.3) is 5.91 Å². The molecule has 8 heteroatoms. The molecule has 0 unspecified atom stereocenters. The van der Waals surface area contributed by atoms with Crippen LogP contribution in [-0.4, -0.2) is 33.3 Å². The Morgan fingerprint density at radius 2 is 2.10 bits per heavy atom. The molecule has 2 amide bonds. The number of fused-ring (bicyclic) bond motifs is 3. The highest BCUT2D eigenvalue weighted by Gasteiger charge is 2.25. The van der Waals surface area contributed by atoms with Crippen LogP contribution in [0, 0.1) is 0 Å². The van der Waals surface area contributed by atoms with E-state index in [1.807, 2.05) is 18.2 Å². The molecular weight excluding hydrogens is 414 g/mol. The fourth-order valence-electron chi connectivity index (χ4n) is 4.14. The molecule has 0 bridgehead atoms. The lowest BCUT2D eigenvalue weighted by atomic mass is 9.91. The molecular formula is C23H26ClN5O2. The highest BCUT2D eigenvalue weighted by Crippen LogP contribution is 2.35. The number of hydrogen-bond donors (Lipinski definition) is 3. The summed E-state index contributed by atoms with van der Waals surface area (Å²) in [4.78, 5) is 35.7. The Morgan fingerprint density at radius 1 is 1.19 bits per heavy atom. The highest BCUT2D eigenvalue weighted by molar-refractivity contribution is 6.31. The summed E-state index contributed by atoms with van der Waals surface area (Å²) in [6, 6.07) is 5.90. The number of aromatic amines is 1. The van der Waals surface area contributed by atoms with Gasteiger partial charge in [0, 0.05) is 47.0 Å². The summed E-state index contributed by atoms with van der Waals surface area (Å²) < 4.78 is 0. The van der Waals surface area contributed by atoms with Gasteiger partial charge in [-0.1, -0.05) is 18.0 Å². The summed E-state index contributed by atoms with van der Waals surface area (Å²) >= 11 is 6.17. The average Bonchev–Trinajstić information content (AvgIpc) is 3.15. The van der Waals surface area contributed by atoms with Crippen molar-refractivity contribution < 1.29 is 9.59 Å². The SMILES string of the molecule is O=C(CCCCCNC(=O)c1cnccn1)N[C@H]1CCCc2c1[nH]c1ccc(Cl)cc21. The molecule has 162 valence electrons. The summed E-state index contributed by atoms with van der Waals surface area (Å²) in [6.07, 6.45) is 10.4. The molecule has 2 aromatic heterocycles. The third-order valence-electron chi connectivity index (χ3n) is 5.67. The van der Waals surface area contributed by atoms with Gasteiger partial charge in [-0.25, -0.2) is 4.98 Å². The molecule has 7 nitrogen and oxygen atoms in total. The van der Waals surface area contributed by atoms with Crippen molar-refractivity contribution in [3.05, 3.63) is 58.8 Å². The first-order chi connectivity index (χ1) is 15.1. The topological polar surface area (TPSA) is 99.8 Å². The predicted octanol–water partition coefficient (Wildman–Crippen LogP) is 4.10. The van der Waals surface area contributed by atoms with Crippen molar-refractivity contribution in [1.82, 2.24) is 25.6 Å². The molecule has 1 atom stereocenters. The van der Waals surface area contributed by atoms with Crippen LogP contribution in [0.3, 0.4) is 0 Å². The van der Waals surface area contributed by atoms with Gasteiger partial charge in [-0.3, -0.25) is 14.6 Å². The first-order valence-electron chi connectivity index (χ1n) is 10.8. The van der Waals surface area contributed by atoms with Gasteiger partial charge in [-0.15, -0.1) is 0 Å². The number of aryl methyl sites for hydroxylation is 1. The molecule has 3 aromatic rings. The molecule has 4 rings (SSSR count). The fraction of sp³-hybridized carbons (Fsp3) is 0.391. The van der Waals surface area contributed by atoms with E-state index < -0.39 is 0 Å². The lowest BCUT2D eigenvalue weighted by Gasteiger charge is -2.24. The Bertz CT molecular complexity index is 1070. The van der Waals surface area contributed by atoms with Gasteiger partial charge in [-0.05, 0) is 55.9 Å². The average molecular weight is 440 g/mol. The molecule has 1 aliphatic rings. The number of H-pyrrole nitrogens is 1. The Hall–Kier alpha value is -2.93. The molecule has 1 aliphatic carbocycles. The van der Waals surface area contributed by atoms with Crippen molar-refractivity contribution >= 4 is 34.3 Å². The van der Waals surface area contributed by atoms with Crippen molar-refractivity contribution in [1.29, 1.82) is 0 Å². The second kappa shape index (κ2) is 9.92. The van der Waals surface area contributed by atoms with E-state index in [0.29, 0.717) is 18.7 Å². The van der Waals surface area contributed by atoms with Crippen LogP contribution < -0.4 is 10.6 Å². The Labute approximate surface area is 186 Å². The third-order valence-corrected chi connectivity index (χ3v) is 5.90. The first-order valence-corrected chi connectivity index (χ1v) is 11.1. The van der Waals surface area contributed by atoms with Gasteiger partial charge in [-0.2, -0.15) is 0 Å². The smallest absolute Gasteiger partial charge is 0.271 e. The number of carbonyl (C=O) groups excluding carboxylic acids is 2. The summed E-state index contributed by atoms with van der Waals surface area (Å²) in [7, 11) is 0. The molecule has 0 saturated heterocycles. The van der Waals surface area contributed by atoms with E-state index in [4.69, 9.17) is 11.6 Å². The summed E-state index contributed by atoms with van der Waals surface area (Å²) in [5.41, 5.74) is 3.77. The van der Waals surface area contributed by atoms with E-state index in [-0.39, 0.29) is 17.9 Å². The van der Waals surface area contributed by atoms with Gasteiger partial charge in [0.05, 0.1) is 12.2 Å². The summed E-state index contributed by atoms with van der Waals surface area (Å²) in [5, 5.41) is 7.91. The Morgan fingerprint density at radius 3 is 2.94 bits per heavy atom. The number of aromatic nitrogens is 3.